The molecule has 0 unspecified atom stereocenters. The van der Waals surface area contributed by atoms with Gasteiger partial charge in [0.2, 0.25) is 0 Å². The zero-order valence-corrected chi connectivity index (χ0v) is 11.5. The third kappa shape index (κ3) is 3.09. The standard InChI is InChI=1S/C14H24N2O/c1-10-13(11(2)17-16-10)9-15-12-5-7-14(3,4)8-6-12/h12,15H,5-9H2,1-4H3. The molecule has 0 amide bonds. The van der Waals surface area contributed by atoms with Crippen LogP contribution in [0, 0.1) is 19.3 Å². The summed E-state index contributed by atoms with van der Waals surface area (Å²) in [6.07, 6.45) is 5.23. The molecule has 1 aromatic rings. The van der Waals surface area contributed by atoms with Gasteiger partial charge in [0.25, 0.3) is 0 Å². The first-order chi connectivity index (χ1) is 7.98. The number of aromatic nitrogens is 1. The summed E-state index contributed by atoms with van der Waals surface area (Å²) in [7, 11) is 0. The summed E-state index contributed by atoms with van der Waals surface area (Å²) >= 11 is 0. The van der Waals surface area contributed by atoms with Crippen LogP contribution in [-0.2, 0) is 6.54 Å². The van der Waals surface area contributed by atoms with Crippen LogP contribution in [0.25, 0.3) is 0 Å². The van der Waals surface area contributed by atoms with Crippen molar-refractivity contribution < 1.29 is 4.52 Å². The molecule has 1 aromatic heterocycles. The Kier molecular flexibility index (Phi) is 3.57. The second kappa shape index (κ2) is 4.81. The van der Waals surface area contributed by atoms with Crippen LogP contribution in [0.5, 0.6) is 0 Å². The van der Waals surface area contributed by atoms with Gasteiger partial charge in [-0.1, -0.05) is 19.0 Å². The van der Waals surface area contributed by atoms with E-state index in [-0.39, 0.29) is 0 Å². The van der Waals surface area contributed by atoms with E-state index in [1.165, 1.54) is 31.2 Å². The first kappa shape index (κ1) is 12.6. The van der Waals surface area contributed by atoms with Crippen molar-refractivity contribution in [3.05, 3.63) is 17.0 Å². The largest absolute Gasteiger partial charge is 0.361 e. The van der Waals surface area contributed by atoms with Crippen molar-refractivity contribution in [3.8, 4) is 0 Å². The van der Waals surface area contributed by atoms with Gasteiger partial charge in [-0.05, 0) is 44.9 Å². The number of nitrogens with one attached hydrogen (secondary N) is 1. The van der Waals surface area contributed by atoms with E-state index >= 15 is 0 Å². The van der Waals surface area contributed by atoms with E-state index in [0.717, 1.165) is 18.0 Å². The van der Waals surface area contributed by atoms with Gasteiger partial charge in [-0.2, -0.15) is 0 Å². The molecule has 0 bridgehead atoms. The predicted molar refractivity (Wildman–Crippen MR) is 68.9 cm³/mol. The lowest BCUT2D eigenvalue weighted by molar-refractivity contribution is 0.206. The third-order valence-electron chi connectivity index (χ3n) is 4.09. The molecule has 1 heterocycles. The molecule has 96 valence electrons. The fraction of sp³-hybridized carbons (Fsp3) is 0.786. The van der Waals surface area contributed by atoms with Crippen LogP contribution in [0.1, 0.15) is 56.5 Å². The molecular weight excluding hydrogens is 212 g/mol. The zero-order chi connectivity index (χ0) is 12.5. The zero-order valence-electron chi connectivity index (χ0n) is 11.5. The summed E-state index contributed by atoms with van der Waals surface area (Å²) in [5, 5.41) is 7.63. The molecule has 1 N–H and O–H groups in total. The van der Waals surface area contributed by atoms with Gasteiger partial charge in [0.15, 0.2) is 0 Å². The van der Waals surface area contributed by atoms with Crippen LogP contribution in [0.3, 0.4) is 0 Å². The molecule has 0 spiro atoms. The minimum Gasteiger partial charge on any atom is -0.361 e. The van der Waals surface area contributed by atoms with Gasteiger partial charge in [0, 0.05) is 18.2 Å². The maximum Gasteiger partial charge on any atom is 0.138 e. The minimum absolute atomic E-state index is 0.543. The van der Waals surface area contributed by atoms with Crippen molar-refractivity contribution in [2.75, 3.05) is 0 Å². The topological polar surface area (TPSA) is 38.1 Å². The average Bonchev–Trinajstić information content (AvgIpc) is 2.58. The van der Waals surface area contributed by atoms with Crippen LogP contribution >= 0.6 is 0 Å². The lowest BCUT2D eigenvalue weighted by Gasteiger charge is -2.34. The highest BCUT2D eigenvalue weighted by Crippen LogP contribution is 2.35. The molecule has 3 heteroatoms. The SMILES string of the molecule is Cc1noc(C)c1CNC1CCC(C)(C)CC1. The highest BCUT2D eigenvalue weighted by Gasteiger charge is 2.26. The van der Waals surface area contributed by atoms with Gasteiger partial charge in [-0.3, -0.25) is 0 Å². The molecule has 1 aliphatic rings. The Hall–Kier alpha value is -0.830. The van der Waals surface area contributed by atoms with E-state index in [1.807, 2.05) is 13.8 Å². The van der Waals surface area contributed by atoms with Crippen LogP contribution in [0.2, 0.25) is 0 Å². The van der Waals surface area contributed by atoms with Crippen LogP contribution in [-0.4, -0.2) is 11.2 Å². The summed E-state index contributed by atoms with van der Waals surface area (Å²) in [4.78, 5) is 0. The molecule has 1 fully saturated rings. The maximum atomic E-state index is 5.18. The summed E-state index contributed by atoms with van der Waals surface area (Å²) in [6.45, 7) is 9.64. The summed E-state index contributed by atoms with van der Waals surface area (Å²) in [5.41, 5.74) is 2.79. The molecule has 0 aromatic carbocycles. The van der Waals surface area contributed by atoms with E-state index in [2.05, 4.69) is 24.3 Å². The molecule has 0 radical (unpaired) electrons. The predicted octanol–water partition coefficient (Wildman–Crippen LogP) is 3.35. The van der Waals surface area contributed by atoms with Crippen molar-refractivity contribution in [2.24, 2.45) is 5.41 Å². The van der Waals surface area contributed by atoms with Crippen molar-refractivity contribution >= 4 is 0 Å². The van der Waals surface area contributed by atoms with Crippen LogP contribution < -0.4 is 5.32 Å². The van der Waals surface area contributed by atoms with Crippen LogP contribution in [0.15, 0.2) is 4.52 Å². The van der Waals surface area contributed by atoms with Gasteiger partial charge in [0.1, 0.15) is 5.76 Å². The number of nitrogens with zero attached hydrogens (tertiary/aromatic N) is 1. The second-order valence-electron chi connectivity index (χ2n) is 6.12. The smallest absolute Gasteiger partial charge is 0.138 e. The van der Waals surface area contributed by atoms with Gasteiger partial charge >= 0.3 is 0 Å². The van der Waals surface area contributed by atoms with Gasteiger partial charge in [0.05, 0.1) is 5.69 Å². The Morgan fingerprint density at radius 3 is 2.47 bits per heavy atom. The quantitative estimate of drug-likeness (QED) is 0.874. The summed E-state index contributed by atoms with van der Waals surface area (Å²) < 4.78 is 5.18. The highest BCUT2D eigenvalue weighted by atomic mass is 16.5. The van der Waals surface area contributed by atoms with Gasteiger partial charge in [-0.25, -0.2) is 0 Å². The lowest BCUT2D eigenvalue weighted by Crippen LogP contribution is -2.35. The van der Waals surface area contributed by atoms with E-state index in [0.29, 0.717) is 11.5 Å². The third-order valence-corrected chi connectivity index (χ3v) is 4.09. The Labute approximate surface area is 104 Å². The second-order valence-corrected chi connectivity index (χ2v) is 6.12. The van der Waals surface area contributed by atoms with E-state index in [9.17, 15) is 0 Å². The molecule has 17 heavy (non-hydrogen) atoms. The number of aryl methyl sites for hydroxylation is 2. The Morgan fingerprint density at radius 2 is 1.94 bits per heavy atom. The molecule has 3 nitrogen and oxygen atoms in total. The number of rotatable bonds is 3. The van der Waals surface area contributed by atoms with E-state index < -0.39 is 0 Å². The molecule has 2 rings (SSSR count). The summed E-state index contributed by atoms with van der Waals surface area (Å²) in [5.74, 6) is 0.950. The molecule has 0 aliphatic heterocycles. The molecule has 1 aliphatic carbocycles. The Balaban J connectivity index is 1.84. The number of hydrogen-bond acceptors (Lipinski definition) is 3. The first-order valence-electron chi connectivity index (χ1n) is 6.63. The molecule has 0 saturated heterocycles. The molecule has 1 saturated carbocycles. The van der Waals surface area contributed by atoms with Crippen LogP contribution in [0.4, 0.5) is 0 Å². The van der Waals surface area contributed by atoms with E-state index in [4.69, 9.17) is 4.52 Å². The Bertz CT molecular complexity index is 352. The number of hydrogen-bond donors (Lipinski definition) is 1. The highest BCUT2D eigenvalue weighted by molar-refractivity contribution is 5.20. The fourth-order valence-electron chi connectivity index (χ4n) is 2.60. The lowest BCUT2D eigenvalue weighted by atomic mass is 9.75. The minimum atomic E-state index is 0.543. The van der Waals surface area contributed by atoms with Gasteiger partial charge < -0.3 is 9.84 Å². The van der Waals surface area contributed by atoms with Crippen molar-refractivity contribution in [3.63, 3.8) is 0 Å². The maximum absolute atomic E-state index is 5.18. The first-order valence-corrected chi connectivity index (χ1v) is 6.63. The summed E-state index contributed by atoms with van der Waals surface area (Å²) in [6, 6.07) is 0.664. The van der Waals surface area contributed by atoms with Crippen molar-refractivity contribution in [2.45, 2.75) is 66.0 Å². The van der Waals surface area contributed by atoms with E-state index in [1.54, 1.807) is 0 Å². The average molecular weight is 236 g/mol. The monoisotopic (exact) mass is 236 g/mol. The van der Waals surface area contributed by atoms with Crippen molar-refractivity contribution in [1.29, 1.82) is 0 Å². The van der Waals surface area contributed by atoms with Crippen molar-refractivity contribution in [1.82, 2.24) is 10.5 Å². The molecule has 0 atom stereocenters. The fourth-order valence-corrected chi connectivity index (χ4v) is 2.60. The molecular formula is C14H24N2O. The normalized spacial score (nSPS) is 20.7. The Morgan fingerprint density at radius 1 is 1.29 bits per heavy atom. The van der Waals surface area contributed by atoms with Gasteiger partial charge in [-0.15, -0.1) is 0 Å².